The number of anilines is 1. The van der Waals surface area contributed by atoms with E-state index < -0.39 is 0 Å². The van der Waals surface area contributed by atoms with Gasteiger partial charge in [0, 0.05) is 49.7 Å². The Hall–Kier alpha value is -3.37. The summed E-state index contributed by atoms with van der Waals surface area (Å²) in [4.78, 5) is 29.7. The fourth-order valence-electron chi connectivity index (χ4n) is 4.23. The molecular formula is C26H30N6O3S. The van der Waals surface area contributed by atoms with Crippen LogP contribution in [0, 0.1) is 0 Å². The Balaban J connectivity index is 1.24. The average Bonchev–Trinajstić information content (AvgIpc) is 3.56. The molecular weight excluding hydrogens is 476 g/mol. The molecule has 1 aromatic carbocycles. The minimum Gasteiger partial charge on any atom is -0.383 e. The summed E-state index contributed by atoms with van der Waals surface area (Å²) < 4.78 is 10.5. The number of methoxy groups -OCH3 is 1. The molecule has 0 atom stereocenters. The third-order valence-electron chi connectivity index (χ3n) is 6.37. The fourth-order valence-corrected chi connectivity index (χ4v) is 5.22. The highest BCUT2D eigenvalue weighted by molar-refractivity contribution is 7.21. The Morgan fingerprint density at radius 2 is 1.92 bits per heavy atom. The van der Waals surface area contributed by atoms with E-state index >= 15 is 0 Å². The Kier molecular flexibility index (Phi) is 7.24. The molecule has 1 aliphatic heterocycles. The predicted octanol–water partition coefficient (Wildman–Crippen LogP) is 4.62. The number of piperidine rings is 1. The van der Waals surface area contributed by atoms with Crippen molar-refractivity contribution in [3.8, 4) is 11.3 Å². The SMILES string of the molecule is COCCNC(=O)c1ccc(-c2ccc3nc(N4CCC(c5nc(C(C)C)no5)CC4)sc3n2)cc1. The first-order chi connectivity index (χ1) is 17.5. The number of rotatable bonds is 8. The van der Waals surface area contributed by atoms with E-state index in [0.717, 1.165) is 64.4 Å². The number of hydrogen-bond donors (Lipinski definition) is 1. The number of amides is 1. The lowest BCUT2D eigenvalue weighted by Gasteiger charge is -2.29. The second-order valence-corrected chi connectivity index (χ2v) is 10.2. The van der Waals surface area contributed by atoms with Crippen molar-refractivity contribution >= 4 is 32.7 Å². The van der Waals surface area contributed by atoms with Crippen LogP contribution in [0.3, 0.4) is 0 Å². The van der Waals surface area contributed by atoms with E-state index in [4.69, 9.17) is 19.2 Å². The number of carbonyl (C=O) groups excluding carboxylic acids is 1. The molecule has 0 bridgehead atoms. The molecule has 9 nitrogen and oxygen atoms in total. The summed E-state index contributed by atoms with van der Waals surface area (Å²) in [6.45, 7) is 6.90. The number of hydrogen-bond acceptors (Lipinski definition) is 9. The molecule has 1 fully saturated rings. The van der Waals surface area contributed by atoms with E-state index in [1.165, 1.54) is 0 Å². The molecule has 0 spiro atoms. The van der Waals surface area contributed by atoms with Gasteiger partial charge in [-0.25, -0.2) is 9.97 Å². The lowest BCUT2D eigenvalue weighted by molar-refractivity contribution is 0.0937. The van der Waals surface area contributed by atoms with Gasteiger partial charge < -0.3 is 19.5 Å². The van der Waals surface area contributed by atoms with Gasteiger partial charge in [0.2, 0.25) is 5.89 Å². The third kappa shape index (κ3) is 5.24. The van der Waals surface area contributed by atoms with Crippen molar-refractivity contribution in [1.29, 1.82) is 0 Å². The van der Waals surface area contributed by atoms with Crippen molar-refractivity contribution in [3.63, 3.8) is 0 Å². The van der Waals surface area contributed by atoms with Crippen molar-refractivity contribution < 1.29 is 14.1 Å². The van der Waals surface area contributed by atoms with E-state index in [-0.39, 0.29) is 11.8 Å². The Morgan fingerprint density at radius 3 is 2.61 bits per heavy atom. The third-order valence-corrected chi connectivity index (χ3v) is 7.39. The normalized spacial score (nSPS) is 14.6. The van der Waals surface area contributed by atoms with Gasteiger partial charge in [-0.2, -0.15) is 4.98 Å². The van der Waals surface area contributed by atoms with Gasteiger partial charge in [0.1, 0.15) is 10.3 Å². The molecule has 0 aliphatic carbocycles. The molecule has 0 radical (unpaired) electrons. The van der Waals surface area contributed by atoms with Gasteiger partial charge in [0.15, 0.2) is 11.0 Å². The van der Waals surface area contributed by atoms with Gasteiger partial charge in [-0.05, 0) is 37.1 Å². The van der Waals surface area contributed by atoms with Gasteiger partial charge >= 0.3 is 0 Å². The van der Waals surface area contributed by atoms with E-state index in [1.54, 1.807) is 18.4 Å². The van der Waals surface area contributed by atoms with Crippen LogP contribution in [0.15, 0.2) is 40.9 Å². The van der Waals surface area contributed by atoms with Crippen LogP contribution >= 0.6 is 11.3 Å². The number of aromatic nitrogens is 4. The Morgan fingerprint density at radius 1 is 1.14 bits per heavy atom. The zero-order chi connectivity index (χ0) is 25.1. The summed E-state index contributed by atoms with van der Waals surface area (Å²) in [5.74, 6) is 1.99. The van der Waals surface area contributed by atoms with Crippen LogP contribution in [0.4, 0.5) is 5.13 Å². The number of ether oxygens (including phenoxy) is 1. The van der Waals surface area contributed by atoms with Crippen LogP contribution in [0.1, 0.15) is 60.6 Å². The average molecular weight is 507 g/mol. The summed E-state index contributed by atoms with van der Waals surface area (Å²) in [6, 6.07) is 11.5. The van der Waals surface area contributed by atoms with Gasteiger partial charge in [0.25, 0.3) is 5.91 Å². The highest BCUT2D eigenvalue weighted by atomic mass is 32.1. The number of benzene rings is 1. The van der Waals surface area contributed by atoms with Gasteiger partial charge in [-0.3, -0.25) is 4.79 Å². The second-order valence-electron chi connectivity index (χ2n) is 9.25. The Bertz CT molecular complexity index is 1330. The molecule has 3 aromatic heterocycles. The van der Waals surface area contributed by atoms with Crippen molar-refractivity contribution in [2.75, 3.05) is 38.3 Å². The summed E-state index contributed by atoms with van der Waals surface area (Å²) in [5.41, 5.74) is 3.33. The zero-order valence-corrected chi connectivity index (χ0v) is 21.5. The minimum atomic E-state index is -0.114. The first-order valence-electron chi connectivity index (χ1n) is 12.3. The van der Waals surface area contributed by atoms with Crippen molar-refractivity contribution in [1.82, 2.24) is 25.4 Å². The van der Waals surface area contributed by atoms with E-state index in [9.17, 15) is 4.79 Å². The van der Waals surface area contributed by atoms with Crippen LogP contribution < -0.4 is 10.2 Å². The largest absolute Gasteiger partial charge is 0.383 e. The van der Waals surface area contributed by atoms with Gasteiger partial charge in [-0.1, -0.05) is 42.5 Å². The molecule has 1 amide bonds. The highest BCUT2D eigenvalue weighted by Gasteiger charge is 2.27. The summed E-state index contributed by atoms with van der Waals surface area (Å²) in [6.07, 6.45) is 1.92. The molecule has 0 saturated carbocycles. The van der Waals surface area contributed by atoms with Gasteiger partial charge in [0.05, 0.1) is 12.3 Å². The molecule has 1 saturated heterocycles. The molecule has 188 valence electrons. The summed E-state index contributed by atoms with van der Waals surface area (Å²) >= 11 is 1.61. The Labute approximate surface area is 213 Å². The maximum Gasteiger partial charge on any atom is 0.251 e. The molecule has 1 N–H and O–H groups in total. The summed E-state index contributed by atoms with van der Waals surface area (Å²) in [5, 5.41) is 7.94. The number of nitrogens with zero attached hydrogens (tertiary/aromatic N) is 5. The highest BCUT2D eigenvalue weighted by Crippen LogP contribution is 2.34. The van der Waals surface area contributed by atoms with Crippen LogP contribution in [-0.2, 0) is 4.74 Å². The lowest BCUT2D eigenvalue weighted by atomic mass is 9.97. The number of fused-ring (bicyclic) bond motifs is 1. The quantitative estimate of drug-likeness (QED) is 0.345. The predicted molar refractivity (Wildman–Crippen MR) is 140 cm³/mol. The zero-order valence-electron chi connectivity index (χ0n) is 20.7. The van der Waals surface area contributed by atoms with Crippen LogP contribution in [0.5, 0.6) is 0 Å². The standard InChI is InChI=1S/C26H30N6O3S/c1-16(2)22-30-24(35-31-22)19-10-13-32(14-11-19)26-29-21-9-8-20(28-25(21)36-26)17-4-6-18(7-5-17)23(33)27-12-15-34-3/h4-9,16,19H,10-15H2,1-3H3,(H,27,33). The van der Waals surface area contributed by atoms with Crippen molar-refractivity contribution in [2.45, 2.75) is 38.5 Å². The molecule has 4 aromatic rings. The molecule has 4 heterocycles. The molecule has 36 heavy (non-hydrogen) atoms. The molecule has 1 aliphatic rings. The number of carbonyl (C=O) groups is 1. The van der Waals surface area contributed by atoms with Gasteiger partial charge in [-0.15, -0.1) is 0 Å². The van der Waals surface area contributed by atoms with Crippen molar-refractivity contribution in [3.05, 3.63) is 53.7 Å². The smallest absolute Gasteiger partial charge is 0.251 e. The van der Waals surface area contributed by atoms with E-state index in [0.29, 0.717) is 24.6 Å². The molecule has 10 heteroatoms. The fraction of sp³-hybridized carbons (Fsp3) is 0.423. The minimum absolute atomic E-state index is 0.114. The van der Waals surface area contributed by atoms with Crippen LogP contribution in [0.25, 0.3) is 21.6 Å². The second kappa shape index (κ2) is 10.7. The lowest BCUT2D eigenvalue weighted by Crippen LogP contribution is -2.32. The molecule has 0 unspecified atom stereocenters. The summed E-state index contributed by atoms with van der Waals surface area (Å²) in [7, 11) is 1.61. The number of nitrogens with one attached hydrogen (secondary N) is 1. The first kappa shape index (κ1) is 24.3. The van der Waals surface area contributed by atoms with E-state index in [2.05, 4.69) is 34.2 Å². The first-order valence-corrected chi connectivity index (χ1v) is 13.1. The maximum absolute atomic E-state index is 12.2. The molecule has 5 rings (SSSR count). The van der Waals surface area contributed by atoms with Crippen LogP contribution in [-0.4, -0.2) is 59.4 Å². The number of pyridine rings is 1. The monoisotopic (exact) mass is 506 g/mol. The van der Waals surface area contributed by atoms with Crippen LogP contribution in [0.2, 0.25) is 0 Å². The number of thiazole rings is 1. The van der Waals surface area contributed by atoms with Crippen molar-refractivity contribution in [2.24, 2.45) is 0 Å². The maximum atomic E-state index is 12.2. The van der Waals surface area contributed by atoms with E-state index in [1.807, 2.05) is 36.4 Å². The topological polar surface area (TPSA) is 106 Å².